The second kappa shape index (κ2) is 10.2. The molecule has 0 aromatic carbocycles. The summed E-state index contributed by atoms with van der Waals surface area (Å²) in [6, 6.07) is -1.33. The number of primary amides is 1. The number of rotatable bonds is 9. The third kappa shape index (κ3) is 6.74. The molecule has 0 heterocycles. The zero-order valence-corrected chi connectivity index (χ0v) is 15.5. The lowest BCUT2D eigenvalue weighted by Gasteiger charge is -2.32. The molecule has 0 saturated heterocycles. The molecule has 0 saturated carbocycles. The maximum Gasteiger partial charge on any atom is 0.247 e. The maximum atomic E-state index is 12.4. The average molecular weight is 370 g/mol. The van der Waals surface area contributed by atoms with Crippen LogP contribution in [0.4, 0.5) is 0 Å². The van der Waals surface area contributed by atoms with Crippen LogP contribution in [-0.4, -0.2) is 65.8 Å². The van der Waals surface area contributed by atoms with Gasteiger partial charge in [0, 0.05) is 25.0 Å². The van der Waals surface area contributed by atoms with Gasteiger partial charge in [0.2, 0.25) is 17.7 Å². The SMILES string of the molecule is CN[C@@H](CC(C)C)C(=O)N[C@@H]1C=C(C(=O)NCCC(N)=O)C[C@@H](O)[C@@H]1O. The van der Waals surface area contributed by atoms with Crippen molar-refractivity contribution in [3.63, 3.8) is 0 Å². The van der Waals surface area contributed by atoms with Gasteiger partial charge in [0.1, 0.15) is 6.10 Å². The second-order valence-corrected chi connectivity index (χ2v) is 6.93. The molecule has 0 aromatic heterocycles. The Morgan fingerprint density at radius 2 is 1.96 bits per heavy atom. The van der Waals surface area contributed by atoms with Crippen molar-refractivity contribution >= 4 is 17.7 Å². The first kappa shape index (κ1) is 22.1. The maximum absolute atomic E-state index is 12.4. The summed E-state index contributed by atoms with van der Waals surface area (Å²) in [4.78, 5) is 35.3. The number of aliphatic hydroxyl groups is 2. The van der Waals surface area contributed by atoms with Gasteiger partial charge in [-0.25, -0.2) is 0 Å². The standard InChI is InChI=1S/C17H30N4O5/c1-9(2)6-12(19-3)17(26)21-11-7-10(8-13(22)15(11)24)16(25)20-5-4-14(18)23/h7,9,11-13,15,19,22,24H,4-6,8H2,1-3H3,(H2,18,23)(H,20,25)(H,21,26)/t11-,12+,13-,15-/m1/s1. The van der Waals surface area contributed by atoms with Crippen LogP contribution in [0.15, 0.2) is 11.6 Å². The number of hydrogen-bond donors (Lipinski definition) is 6. The van der Waals surface area contributed by atoms with E-state index >= 15 is 0 Å². The lowest BCUT2D eigenvalue weighted by Crippen LogP contribution is -2.55. The Morgan fingerprint density at radius 1 is 1.31 bits per heavy atom. The Bertz CT molecular complexity index is 549. The number of aliphatic hydroxyl groups excluding tert-OH is 2. The second-order valence-electron chi connectivity index (χ2n) is 6.93. The van der Waals surface area contributed by atoms with E-state index in [1.165, 1.54) is 6.08 Å². The fourth-order valence-corrected chi connectivity index (χ4v) is 2.77. The molecule has 0 aliphatic heterocycles. The number of carbonyl (C=O) groups is 3. The first-order valence-corrected chi connectivity index (χ1v) is 8.76. The number of nitrogens with two attached hydrogens (primary N) is 1. The topological polar surface area (TPSA) is 154 Å². The molecule has 0 aromatic rings. The zero-order chi connectivity index (χ0) is 19.9. The minimum Gasteiger partial charge on any atom is -0.390 e. The molecule has 0 fully saturated rings. The molecule has 148 valence electrons. The van der Waals surface area contributed by atoms with Crippen molar-refractivity contribution in [2.45, 2.75) is 57.4 Å². The van der Waals surface area contributed by atoms with Crippen molar-refractivity contribution in [1.29, 1.82) is 0 Å². The van der Waals surface area contributed by atoms with Crippen molar-refractivity contribution in [2.75, 3.05) is 13.6 Å². The smallest absolute Gasteiger partial charge is 0.247 e. The lowest BCUT2D eigenvalue weighted by molar-refractivity contribution is -0.126. The van der Waals surface area contributed by atoms with Gasteiger partial charge in [-0.3, -0.25) is 14.4 Å². The molecule has 0 unspecified atom stereocenters. The number of hydrogen-bond acceptors (Lipinski definition) is 6. The molecule has 26 heavy (non-hydrogen) atoms. The molecular weight excluding hydrogens is 340 g/mol. The summed E-state index contributed by atoms with van der Waals surface area (Å²) in [7, 11) is 1.67. The van der Waals surface area contributed by atoms with E-state index in [0.29, 0.717) is 12.3 Å². The summed E-state index contributed by atoms with van der Waals surface area (Å²) in [6.07, 6.45) is -0.381. The highest BCUT2D eigenvalue weighted by atomic mass is 16.3. The van der Waals surface area contributed by atoms with E-state index in [9.17, 15) is 24.6 Å². The van der Waals surface area contributed by atoms with Crippen LogP contribution in [0.2, 0.25) is 0 Å². The van der Waals surface area contributed by atoms with Gasteiger partial charge in [-0.2, -0.15) is 0 Å². The summed E-state index contributed by atoms with van der Waals surface area (Å²) in [5, 5.41) is 28.3. The first-order valence-electron chi connectivity index (χ1n) is 8.76. The van der Waals surface area contributed by atoms with E-state index in [1.54, 1.807) is 7.05 Å². The third-order valence-electron chi connectivity index (χ3n) is 4.20. The monoisotopic (exact) mass is 370 g/mol. The summed E-state index contributed by atoms with van der Waals surface area (Å²) in [5.74, 6) is -1.03. The number of likely N-dealkylation sites (N-methyl/N-ethyl adjacent to an activating group) is 1. The summed E-state index contributed by atoms with van der Waals surface area (Å²) >= 11 is 0. The van der Waals surface area contributed by atoms with E-state index in [4.69, 9.17) is 5.73 Å². The van der Waals surface area contributed by atoms with Gasteiger partial charge >= 0.3 is 0 Å². The molecule has 3 amide bonds. The molecule has 7 N–H and O–H groups in total. The molecule has 0 bridgehead atoms. The first-order chi connectivity index (χ1) is 12.1. The summed E-state index contributed by atoms with van der Waals surface area (Å²) < 4.78 is 0. The molecule has 0 radical (unpaired) electrons. The van der Waals surface area contributed by atoms with Gasteiger partial charge < -0.3 is 31.9 Å². The van der Waals surface area contributed by atoms with E-state index in [2.05, 4.69) is 16.0 Å². The van der Waals surface area contributed by atoms with Crippen LogP contribution < -0.4 is 21.7 Å². The van der Waals surface area contributed by atoms with Crippen LogP contribution in [0.25, 0.3) is 0 Å². The molecule has 9 nitrogen and oxygen atoms in total. The molecule has 4 atom stereocenters. The highest BCUT2D eigenvalue weighted by Gasteiger charge is 2.34. The molecule has 1 rings (SSSR count). The Hall–Kier alpha value is -1.97. The van der Waals surface area contributed by atoms with Gasteiger partial charge in [-0.15, -0.1) is 0 Å². The van der Waals surface area contributed by atoms with Crippen LogP contribution in [0, 0.1) is 5.92 Å². The molecule has 1 aliphatic rings. The predicted molar refractivity (Wildman–Crippen MR) is 95.8 cm³/mol. The Morgan fingerprint density at radius 3 is 2.50 bits per heavy atom. The lowest BCUT2D eigenvalue weighted by atomic mass is 9.89. The van der Waals surface area contributed by atoms with Crippen LogP contribution in [-0.2, 0) is 14.4 Å². The summed E-state index contributed by atoms with van der Waals surface area (Å²) in [5.41, 5.74) is 5.26. The van der Waals surface area contributed by atoms with E-state index < -0.39 is 36.1 Å². The molecule has 1 aliphatic carbocycles. The fourth-order valence-electron chi connectivity index (χ4n) is 2.77. The van der Waals surface area contributed by atoms with Crippen molar-refractivity contribution in [3.8, 4) is 0 Å². The van der Waals surface area contributed by atoms with Gasteiger partial charge in [0.05, 0.1) is 18.2 Å². The Balaban J connectivity index is 2.79. The van der Waals surface area contributed by atoms with E-state index in [0.717, 1.165) is 0 Å². The number of carbonyl (C=O) groups excluding carboxylic acids is 3. The predicted octanol–water partition coefficient (Wildman–Crippen LogP) is -1.85. The van der Waals surface area contributed by atoms with Crippen LogP contribution in [0.1, 0.15) is 33.1 Å². The zero-order valence-electron chi connectivity index (χ0n) is 15.5. The van der Waals surface area contributed by atoms with Crippen molar-refractivity contribution in [1.82, 2.24) is 16.0 Å². The van der Waals surface area contributed by atoms with Crippen LogP contribution >= 0.6 is 0 Å². The Labute approximate surface area is 153 Å². The van der Waals surface area contributed by atoms with E-state index in [-0.39, 0.29) is 30.9 Å². The van der Waals surface area contributed by atoms with Gasteiger partial charge in [0.25, 0.3) is 0 Å². The van der Waals surface area contributed by atoms with Gasteiger partial charge in [-0.05, 0) is 19.4 Å². The minimum atomic E-state index is -1.21. The summed E-state index contributed by atoms with van der Waals surface area (Å²) in [6.45, 7) is 4.06. The molecular formula is C17H30N4O5. The third-order valence-corrected chi connectivity index (χ3v) is 4.20. The molecule has 0 spiro atoms. The normalized spacial score (nSPS) is 23.9. The van der Waals surface area contributed by atoms with E-state index in [1.807, 2.05) is 13.8 Å². The minimum absolute atomic E-state index is 0.00339. The van der Waals surface area contributed by atoms with Crippen LogP contribution in [0.3, 0.4) is 0 Å². The number of amides is 3. The fraction of sp³-hybridized carbons (Fsp3) is 0.706. The highest BCUT2D eigenvalue weighted by Crippen LogP contribution is 2.20. The van der Waals surface area contributed by atoms with Crippen molar-refractivity contribution in [2.24, 2.45) is 11.7 Å². The Kier molecular flexibility index (Phi) is 8.70. The highest BCUT2D eigenvalue weighted by molar-refractivity contribution is 5.94. The largest absolute Gasteiger partial charge is 0.390 e. The number of nitrogens with one attached hydrogen (secondary N) is 3. The average Bonchev–Trinajstić information content (AvgIpc) is 2.55. The molecule has 9 heteroatoms. The quantitative estimate of drug-likeness (QED) is 0.280. The van der Waals surface area contributed by atoms with Crippen molar-refractivity contribution in [3.05, 3.63) is 11.6 Å². The van der Waals surface area contributed by atoms with Gasteiger partial charge in [-0.1, -0.05) is 19.9 Å². The van der Waals surface area contributed by atoms with Crippen molar-refractivity contribution < 1.29 is 24.6 Å². The van der Waals surface area contributed by atoms with Gasteiger partial charge in [0.15, 0.2) is 0 Å². The van der Waals surface area contributed by atoms with Crippen LogP contribution in [0.5, 0.6) is 0 Å².